The summed E-state index contributed by atoms with van der Waals surface area (Å²) >= 11 is 0. The molecule has 2 N–H and O–H groups in total. The number of carbonyl (C=O) groups is 1. The molecule has 1 atom stereocenters. The predicted molar refractivity (Wildman–Crippen MR) is 57.1 cm³/mol. The van der Waals surface area contributed by atoms with Gasteiger partial charge in [0.25, 0.3) is 0 Å². The van der Waals surface area contributed by atoms with Gasteiger partial charge in [0.1, 0.15) is 0 Å². The highest BCUT2D eigenvalue weighted by atomic mass is 16.3. The lowest BCUT2D eigenvalue weighted by Crippen LogP contribution is -2.40. The molecule has 0 aliphatic carbocycles. The van der Waals surface area contributed by atoms with E-state index in [0.29, 0.717) is 13.0 Å². The quantitative estimate of drug-likeness (QED) is 0.621. The Labute approximate surface area is 86.3 Å². The number of likely N-dealkylation sites (N-methyl/N-ethyl adjacent to an activating group) is 1. The normalized spacial score (nSPS) is 12.6. The summed E-state index contributed by atoms with van der Waals surface area (Å²) in [6, 6.07) is 0.245. The molecule has 0 bridgehead atoms. The van der Waals surface area contributed by atoms with Crippen LogP contribution in [0.25, 0.3) is 0 Å². The minimum atomic E-state index is 0.101. The number of carbonyl (C=O) groups excluding carboxylic acids is 1. The van der Waals surface area contributed by atoms with Crippen LogP contribution >= 0.6 is 0 Å². The molecule has 84 valence electrons. The van der Waals surface area contributed by atoms with E-state index in [0.717, 1.165) is 13.0 Å². The van der Waals surface area contributed by atoms with Crippen molar-refractivity contribution in [2.45, 2.75) is 32.7 Å². The van der Waals surface area contributed by atoms with Crippen LogP contribution in [0.5, 0.6) is 0 Å². The molecule has 0 radical (unpaired) electrons. The number of nitrogens with zero attached hydrogens (tertiary/aromatic N) is 1. The SMILES string of the molecule is CCC(CCO)NCC(=O)N(C)CC. The fourth-order valence-corrected chi connectivity index (χ4v) is 1.15. The first-order chi connectivity index (χ1) is 6.65. The second-order valence-electron chi connectivity index (χ2n) is 3.41. The lowest BCUT2D eigenvalue weighted by atomic mass is 10.1. The predicted octanol–water partition coefficient (Wildman–Crippen LogP) is 0.215. The smallest absolute Gasteiger partial charge is 0.236 e. The third kappa shape index (κ3) is 5.19. The average molecular weight is 202 g/mol. The molecule has 0 fully saturated rings. The molecule has 0 aromatic rings. The molecule has 1 unspecified atom stereocenters. The van der Waals surface area contributed by atoms with Crippen LogP contribution in [-0.2, 0) is 4.79 Å². The van der Waals surface area contributed by atoms with Gasteiger partial charge in [-0.05, 0) is 19.8 Å². The van der Waals surface area contributed by atoms with E-state index in [1.807, 2.05) is 13.8 Å². The van der Waals surface area contributed by atoms with Gasteiger partial charge in [0, 0.05) is 26.2 Å². The standard InChI is InChI=1S/C10H22N2O2/c1-4-9(6-7-13)11-8-10(14)12(3)5-2/h9,11,13H,4-8H2,1-3H3. The lowest BCUT2D eigenvalue weighted by molar-refractivity contribution is -0.128. The molecule has 0 rings (SSSR count). The van der Waals surface area contributed by atoms with Crippen LogP contribution in [0, 0.1) is 0 Å². The molecule has 14 heavy (non-hydrogen) atoms. The maximum Gasteiger partial charge on any atom is 0.236 e. The Hall–Kier alpha value is -0.610. The van der Waals surface area contributed by atoms with Crippen molar-refractivity contribution in [3.8, 4) is 0 Å². The van der Waals surface area contributed by atoms with Gasteiger partial charge in [-0.1, -0.05) is 6.92 Å². The van der Waals surface area contributed by atoms with E-state index in [2.05, 4.69) is 5.32 Å². The van der Waals surface area contributed by atoms with Crippen molar-refractivity contribution in [3.63, 3.8) is 0 Å². The van der Waals surface area contributed by atoms with E-state index in [9.17, 15) is 4.79 Å². The number of amides is 1. The molecule has 4 nitrogen and oxygen atoms in total. The first kappa shape index (κ1) is 13.4. The molecular weight excluding hydrogens is 180 g/mol. The molecule has 1 amide bonds. The minimum absolute atomic E-state index is 0.101. The monoisotopic (exact) mass is 202 g/mol. The fraction of sp³-hybridized carbons (Fsp3) is 0.900. The van der Waals surface area contributed by atoms with Crippen molar-refractivity contribution in [1.29, 1.82) is 0 Å². The van der Waals surface area contributed by atoms with Gasteiger partial charge < -0.3 is 15.3 Å². The van der Waals surface area contributed by atoms with Crippen LogP contribution in [0.3, 0.4) is 0 Å². The summed E-state index contributed by atoms with van der Waals surface area (Å²) in [7, 11) is 1.79. The van der Waals surface area contributed by atoms with Crippen molar-refractivity contribution in [3.05, 3.63) is 0 Å². The molecule has 0 saturated heterocycles. The molecule has 0 aliphatic rings. The van der Waals surface area contributed by atoms with Gasteiger partial charge in [0.15, 0.2) is 0 Å². The number of aliphatic hydroxyl groups excluding tert-OH is 1. The van der Waals surface area contributed by atoms with E-state index in [-0.39, 0.29) is 18.6 Å². The second-order valence-corrected chi connectivity index (χ2v) is 3.41. The summed E-state index contributed by atoms with van der Waals surface area (Å²) in [6.07, 6.45) is 1.64. The summed E-state index contributed by atoms with van der Waals surface area (Å²) in [5, 5.41) is 11.9. The van der Waals surface area contributed by atoms with E-state index >= 15 is 0 Å². The van der Waals surface area contributed by atoms with E-state index < -0.39 is 0 Å². The van der Waals surface area contributed by atoms with Crippen molar-refractivity contribution >= 4 is 5.91 Å². The average Bonchev–Trinajstić information content (AvgIpc) is 2.22. The van der Waals surface area contributed by atoms with E-state index in [1.165, 1.54) is 0 Å². The minimum Gasteiger partial charge on any atom is -0.396 e. The number of rotatable bonds is 7. The molecule has 0 heterocycles. The maximum atomic E-state index is 11.4. The Morgan fingerprint density at radius 1 is 1.50 bits per heavy atom. The van der Waals surface area contributed by atoms with Gasteiger partial charge in [-0.25, -0.2) is 0 Å². The van der Waals surface area contributed by atoms with Gasteiger partial charge in [-0.3, -0.25) is 4.79 Å². The van der Waals surface area contributed by atoms with E-state index in [4.69, 9.17) is 5.11 Å². The highest BCUT2D eigenvalue weighted by Crippen LogP contribution is 1.96. The summed E-state index contributed by atoms with van der Waals surface area (Å²) in [4.78, 5) is 13.1. The molecule has 0 aromatic heterocycles. The summed E-state index contributed by atoms with van der Waals surface area (Å²) < 4.78 is 0. The zero-order chi connectivity index (χ0) is 11.0. The molecule has 0 spiro atoms. The van der Waals surface area contributed by atoms with Gasteiger partial charge in [0.2, 0.25) is 5.91 Å². The van der Waals surface area contributed by atoms with Crippen molar-refractivity contribution < 1.29 is 9.90 Å². The number of hydrogen-bond acceptors (Lipinski definition) is 3. The summed E-state index contributed by atoms with van der Waals surface area (Å²) in [5.41, 5.74) is 0. The van der Waals surface area contributed by atoms with Gasteiger partial charge in [-0.15, -0.1) is 0 Å². The Morgan fingerprint density at radius 3 is 2.57 bits per heavy atom. The number of aliphatic hydroxyl groups is 1. The molecule has 0 saturated carbocycles. The highest BCUT2D eigenvalue weighted by Gasteiger charge is 2.09. The second kappa shape index (κ2) is 7.76. The van der Waals surface area contributed by atoms with Crippen molar-refractivity contribution in [1.82, 2.24) is 10.2 Å². The third-order valence-corrected chi connectivity index (χ3v) is 2.41. The van der Waals surface area contributed by atoms with Crippen molar-refractivity contribution in [2.24, 2.45) is 0 Å². The third-order valence-electron chi connectivity index (χ3n) is 2.41. The van der Waals surface area contributed by atoms with Crippen LogP contribution < -0.4 is 5.32 Å². The summed E-state index contributed by atoms with van der Waals surface area (Å²) in [6.45, 7) is 5.26. The van der Waals surface area contributed by atoms with Gasteiger partial charge in [-0.2, -0.15) is 0 Å². The van der Waals surface area contributed by atoms with Crippen LogP contribution in [0.4, 0.5) is 0 Å². The highest BCUT2D eigenvalue weighted by molar-refractivity contribution is 5.77. The fourth-order valence-electron chi connectivity index (χ4n) is 1.15. The Balaban J connectivity index is 3.73. The van der Waals surface area contributed by atoms with Gasteiger partial charge >= 0.3 is 0 Å². The first-order valence-corrected chi connectivity index (χ1v) is 5.23. The topological polar surface area (TPSA) is 52.6 Å². The largest absolute Gasteiger partial charge is 0.396 e. The van der Waals surface area contributed by atoms with Gasteiger partial charge in [0.05, 0.1) is 6.54 Å². The van der Waals surface area contributed by atoms with Crippen LogP contribution in [0.15, 0.2) is 0 Å². The zero-order valence-electron chi connectivity index (χ0n) is 9.42. The molecular formula is C10H22N2O2. The lowest BCUT2D eigenvalue weighted by Gasteiger charge is -2.19. The van der Waals surface area contributed by atoms with Crippen molar-refractivity contribution in [2.75, 3.05) is 26.7 Å². The first-order valence-electron chi connectivity index (χ1n) is 5.23. The molecule has 4 heteroatoms. The Kier molecular flexibility index (Phi) is 7.42. The number of hydrogen-bond donors (Lipinski definition) is 2. The number of nitrogens with one attached hydrogen (secondary N) is 1. The van der Waals surface area contributed by atoms with Crippen LogP contribution in [-0.4, -0.2) is 48.7 Å². The Bertz CT molecular complexity index is 162. The molecule has 0 aliphatic heterocycles. The zero-order valence-corrected chi connectivity index (χ0v) is 9.42. The Morgan fingerprint density at radius 2 is 2.14 bits per heavy atom. The molecule has 0 aromatic carbocycles. The van der Waals surface area contributed by atoms with Crippen LogP contribution in [0.2, 0.25) is 0 Å². The summed E-state index contributed by atoms with van der Waals surface area (Å²) in [5.74, 6) is 0.101. The van der Waals surface area contributed by atoms with E-state index in [1.54, 1.807) is 11.9 Å². The van der Waals surface area contributed by atoms with Crippen LogP contribution in [0.1, 0.15) is 26.7 Å². The maximum absolute atomic E-state index is 11.4.